The molecule has 134 valence electrons. The van der Waals surface area contributed by atoms with E-state index in [1.54, 1.807) is 7.11 Å². The molecule has 2 heterocycles. The van der Waals surface area contributed by atoms with Crippen LogP contribution in [0, 0.1) is 0 Å². The van der Waals surface area contributed by atoms with Crippen LogP contribution in [0.4, 0.5) is 0 Å². The van der Waals surface area contributed by atoms with E-state index in [4.69, 9.17) is 9.72 Å². The number of hydrogen-bond donors (Lipinski definition) is 1. The van der Waals surface area contributed by atoms with Crippen molar-refractivity contribution in [3.05, 3.63) is 54.4 Å². The zero-order valence-corrected chi connectivity index (χ0v) is 14.6. The highest BCUT2D eigenvalue weighted by Crippen LogP contribution is 2.26. The highest BCUT2D eigenvalue weighted by molar-refractivity contribution is 5.78. The summed E-state index contributed by atoms with van der Waals surface area (Å²) in [5.41, 5.74) is 2.91. The van der Waals surface area contributed by atoms with Gasteiger partial charge in [0.15, 0.2) is 0 Å². The van der Waals surface area contributed by atoms with Gasteiger partial charge in [0.25, 0.3) is 0 Å². The summed E-state index contributed by atoms with van der Waals surface area (Å²) in [6.45, 7) is 1.29. The zero-order valence-electron chi connectivity index (χ0n) is 14.6. The van der Waals surface area contributed by atoms with Gasteiger partial charge in [0, 0.05) is 5.69 Å². The number of rotatable bonds is 5. The van der Waals surface area contributed by atoms with Crippen LogP contribution in [0.25, 0.3) is 16.7 Å². The number of hydrogen-bond acceptors (Lipinski definition) is 4. The average molecular weight is 351 g/mol. The Kier molecular flexibility index (Phi) is 4.34. The molecule has 1 unspecified atom stereocenters. The van der Waals surface area contributed by atoms with Crippen molar-refractivity contribution < 1.29 is 14.6 Å². The van der Waals surface area contributed by atoms with Gasteiger partial charge in [0.05, 0.1) is 24.7 Å². The van der Waals surface area contributed by atoms with E-state index in [-0.39, 0.29) is 0 Å². The number of aromatic nitrogens is 2. The summed E-state index contributed by atoms with van der Waals surface area (Å²) in [6.07, 6.45) is 1.60. The van der Waals surface area contributed by atoms with Gasteiger partial charge in [-0.05, 0) is 55.8 Å². The normalized spacial score (nSPS) is 17.7. The monoisotopic (exact) mass is 351 g/mol. The van der Waals surface area contributed by atoms with Crippen molar-refractivity contribution in [3.63, 3.8) is 0 Å². The van der Waals surface area contributed by atoms with E-state index in [2.05, 4.69) is 4.57 Å². The Morgan fingerprint density at radius 3 is 2.73 bits per heavy atom. The molecule has 1 fully saturated rings. The molecule has 6 heteroatoms. The molecule has 1 atom stereocenters. The molecule has 1 aliphatic rings. The quantitative estimate of drug-likeness (QED) is 0.765. The first-order valence-electron chi connectivity index (χ1n) is 8.75. The van der Waals surface area contributed by atoms with Crippen LogP contribution >= 0.6 is 0 Å². The molecule has 0 aliphatic carbocycles. The van der Waals surface area contributed by atoms with Gasteiger partial charge in [0.1, 0.15) is 17.6 Å². The van der Waals surface area contributed by atoms with Crippen molar-refractivity contribution in [2.75, 3.05) is 13.7 Å². The number of carboxylic acid groups (broad SMARTS) is 1. The van der Waals surface area contributed by atoms with E-state index in [0.29, 0.717) is 13.0 Å². The number of aliphatic carboxylic acids is 1. The number of imidazole rings is 1. The summed E-state index contributed by atoms with van der Waals surface area (Å²) in [4.78, 5) is 18.3. The molecule has 1 N–H and O–H groups in total. The molecule has 1 saturated heterocycles. The third kappa shape index (κ3) is 2.93. The average Bonchev–Trinajstić information content (AvgIpc) is 3.26. The van der Waals surface area contributed by atoms with E-state index >= 15 is 0 Å². The molecule has 0 amide bonds. The fourth-order valence-electron chi connectivity index (χ4n) is 3.68. The standard InChI is InChI=1S/C20H21N3O3/c1-26-15-10-8-14(9-11-15)23-17-6-3-2-5-16(17)21-19(23)13-22-12-4-7-18(22)20(24)25/h2-3,5-6,8-11,18H,4,7,12-13H2,1H3,(H,24,25). The van der Waals surface area contributed by atoms with Gasteiger partial charge < -0.3 is 9.84 Å². The van der Waals surface area contributed by atoms with Crippen LogP contribution < -0.4 is 4.74 Å². The summed E-state index contributed by atoms with van der Waals surface area (Å²) in [7, 11) is 1.65. The highest BCUT2D eigenvalue weighted by Gasteiger charge is 2.31. The Hall–Kier alpha value is -2.86. The lowest BCUT2D eigenvalue weighted by Crippen LogP contribution is -2.36. The molecular formula is C20H21N3O3. The maximum absolute atomic E-state index is 11.5. The number of ether oxygens (including phenoxy) is 1. The summed E-state index contributed by atoms with van der Waals surface area (Å²) >= 11 is 0. The van der Waals surface area contributed by atoms with E-state index in [1.165, 1.54) is 0 Å². The third-order valence-corrected chi connectivity index (χ3v) is 4.95. The molecule has 0 saturated carbocycles. The predicted molar refractivity (Wildman–Crippen MR) is 98.7 cm³/mol. The number of para-hydroxylation sites is 2. The molecule has 1 aliphatic heterocycles. The number of methoxy groups -OCH3 is 1. The largest absolute Gasteiger partial charge is 0.497 e. The summed E-state index contributed by atoms with van der Waals surface area (Å²) in [5.74, 6) is 0.893. The molecule has 1 aromatic heterocycles. The van der Waals surface area contributed by atoms with E-state index < -0.39 is 12.0 Å². The lowest BCUT2D eigenvalue weighted by Gasteiger charge is -2.21. The number of carboxylic acids is 1. The third-order valence-electron chi connectivity index (χ3n) is 4.95. The molecule has 0 radical (unpaired) electrons. The molecule has 4 rings (SSSR count). The van der Waals surface area contributed by atoms with Crippen molar-refractivity contribution >= 4 is 17.0 Å². The van der Waals surface area contributed by atoms with Crippen LogP contribution in [-0.2, 0) is 11.3 Å². The molecule has 0 spiro atoms. The van der Waals surface area contributed by atoms with Gasteiger partial charge in [-0.3, -0.25) is 14.3 Å². The number of likely N-dealkylation sites (tertiary alicyclic amines) is 1. The molecule has 3 aromatic rings. The van der Waals surface area contributed by atoms with E-state index in [9.17, 15) is 9.90 Å². The summed E-state index contributed by atoms with van der Waals surface area (Å²) < 4.78 is 7.36. The second kappa shape index (κ2) is 6.80. The first kappa shape index (κ1) is 16.6. The van der Waals surface area contributed by atoms with Crippen LogP contribution in [0.15, 0.2) is 48.5 Å². The van der Waals surface area contributed by atoms with Crippen molar-refractivity contribution in [1.29, 1.82) is 0 Å². The van der Waals surface area contributed by atoms with Gasteiger partial charge in [-0.25, -0.2) is 4.98 Å². The van der Waals surface area contributed by atoms with Gasteiger partial charge in [-0.15, -0.1) is 0 Å². The van der Waals surface area contributed by atoms with Crippen LogP contribution in [-0.4, -0.2) is 45.2 Å². The second-order valence-corrected chi connectivity index (χ2v) is 6.52. The SMILES string of the molecule is COc1ccc(-n2c(CN3CCCC3C(=O)O)nc3ccccc32)cc1. The minimum Gasteiger partial charge on any atom is -0.497 e. The second-order valence-electron chi connectivity index (χ2n) is 6.52. The van der Waals surface area contributed by atoms with Crippen LogP contribution in [0.2, 0.25) is 0 Å². The van der Waals surface area contributed by atoms with Crippen molar-refractivity contribution in [1.82, 2.24) is 14.5 Å². The smallest absolute Gasteiger partial charge is 0.320 e. The van der Waals surface area contributed by atoms with Gasteiger partial charge in [-0.1, -0.05) is 12.1 Å². The van der Waals surface area contributed by atoms with Gasteiger partial charge in [-0.2, -0.15) is 0 Å². The number of nitrogens with zero attached hydrogens (tertiary/aromatic N) is 3. The summed E-state index contributed by atoms with van der Waals surface area (Å²) in [6, 6.07) is 15.4. The maximum Gasteiger partial charge on any atom is 0.320 e. The molecule has 6 nitrogen and oxygen atoms in total. The van der Waals surface area contributed by atoms with Crippen molar-refractivity contribution in [3.8, 4) is 11.4 Å². The topological polar surface area (TPSA) is 67.6 Å². The van der Waals surface area contributed by atoms with E-state index in [1.807, 2.05) is 53.4 Å². The zero-order chi connectivity index (χ0) is 18.1. The number of benzene rings is 2. The first-order valence-corrected chi connectivity index (χ1v) is 8.75. The first-order chi connectivity index (χ1) is 12.7. The Labute approximate surface area is 151 Å². The van der Waals surface area contributed by atoms with Crippen LogP contribution in [0.3, 0.4) is 0 Å². The highest BCUT2D eigenvalue weighted by atomic mass is 16.5. The van der Waals surface area contributed by atoms with Crippen molar-refractivity contribution in [2.24, 2.45) is 0 Å². The Morgan fingerprint density at radius 2 is 2.00 bits per heavy atom. The Balaban J connectivity index is 1.77. The predicted octanol–water partition coefficient (Wildman–Crippen LogP) is 3.08. The minimum atomic E-state index is -0.755. The molecule has 0 bridgehead atoms. The maximum atomic E-state index is 11.5. The lowest BCUT2D eigenvalue weighted by atomic mass is 10.2. The molecule has 2 aromatic carbocycles. The number of carbonyl (C=O) groups is 1. The summed E-state index contributed by atoms with van der Waals surface area (Å²) in [5, 5.41) is 9.46. The molecule has 26 heavy (non-hydrogen) atoms. The lowest BCUT2D eigenvalue weighted by molar-refractivity contribution is -0.142. The van der Waals surface area contributed by atoms with E-state index in [0.717, 1.165) is 41.3 Å². The molecular weight excluding hydrogens is 330 g/mol. The van der Waals surface area contributed by atoms with Crippen LogP contribution in [0.1, 0.15) is 18.7 Å². The minimum absolute atomic E-state index is 0.431. The van der Waals surface area contributed by atoms with Gasteiger partial charge in [0.2, 0.25) is 0 Å². The van der Waals surface area contributed by atoms with Crippen molar-refractivity contribution in [2.45, 2.75) is 25.4 Å². The fraction of sp³-hybridized carbons (Fsp3) is 0.300. The van der Waals surface area contributed by atoms with Crippen LogP contribution in [0.5, 0.6) is 5.75 Å². The Bertz CT molecular complexity index is 933. The number of fused-ring (bicyclic) bond motifs is 1. The van der Waals surface area contributed by atoms with Gasteiger partial charge >= 0.3 is 5.97 Å². The Morgan fingerprint density at radius 1 is 1.23 bits per heavy atom. The fourth-order valence-corrected chi connectivity index (χ4v) is 3.68.